The number of nitrogens with one attached hydrogen (secondary N) is 1. The van der Waals surface area contributed by atoms with Crippen molar-refractivity contribution in [2.24, 2.45) is 0 Å². The van der Waals surface area contributed by atoms with Crippen LogP contribution in [0.5, 0.6) is 0 Å². The van der Waals surface area contributed by atoms with Gasteiger partial charge in [0.25, 0.3) is 0 Å². The van der Waals surface area contributed by atoms with Gasteiger partial charge in [-0.2, -0.15) is 11.8 Å². The van der Waals surface area contributed by atoms with Crippen LogP contribution in [0.15, 0.2) is 30.3 Å². The Morgan fingerprint density at radius 3 is 2.31 bits per heavy atom. The van der Waals surface area contributed by atoms with E-state index in [0.29, 0.717) is 11.3 Å². The van der Waals surface area contributed by atoms with E-state index in [1.165, 1.54) is 5.56 Å². The molecule has 1 aromatic carbocycles. The van der Waals surface area contributed by atoms with Crippen LogP contribution in [0.25, 0.3) is 0 Å². The van der Waals surface area contributed by atoms with Gasteiger partial charge in [0.1, 0.15) is 0 Å². The standard InChI is InChI=1S/C11H17NS/c1-9(13-3)11(12-2)10-7-5-4-6-8-10/h4-9,11-12H,1-3H3. The summed E-state index contributed by atoms with van der Waals surface area (Å²) < 4.78 is 0. The third kappa shape index (κ3) is 2.75. The molecule has 0 saturated heterocycles. The van der Waals surface area contributed by atoms with Crippen LogP contribution in [0, 0.1) is 0 Å². The maximum atomic E-state index is 3.35. The SMILES string of the molecule is CNC(c1ccccc1)C(C)SC. The second-order valence-electron chi connectivity index (χ2n) is 3.12. The lowest BCUT2D eigenvalue weighted by atomic mass is 10.0. The quantitative estimate of drug-likeness (QED) is 0.793. The Hall–Kier alpha value is -0.470. The lowest BCUT2D eigenvalue weighted by Gasteiger charge is -2.22. The Bertz CT molecular complexity index is 235. The summed E-state index contributed by atoms with van der Waals surface area (Å²) in [6, 6.07) is 11.0. The molecule has 13 heavy (non-hydrogen) atoms. The molecule has 0 radical (unpaired) electrons. The fraction of sp³-hybridized carbons (Fsp3) is 0.455. The van der Waals surface area contributed by atoms with Gasteiger partial charge in [-0.1, -0.05) is 37.3 Å². The van der Waals surface area contributed by atoms with E-state index in [1.54, 1.807) is 0 Å². The largest absolute Gasteiger partial charge is 0.312 e. The number of hydrogen-bond donors (Lipinski definition) is 1. The molecule has 2 heteroatoms. The van der Waals surface area contributed by atoms with Crippen LogP contribution in [0.3, 0.4) is 0 Å². The average Bonchev–Trinajstić information content (AvgIpc) is 2.20. The van der Waals surface area contributed by atoms with E-state index in [9.17, 15) is 0 Å². The molecule has 2 atom stereocenters. The fourth-order valence-electron chi connectivity index (χ4n) is 1.47. The molecule has 72 valence electrons. The van der Waals surface area contributed by atoms with Crippen molar-refractivity contribution in [1.82, 2.24) is 5.32 Å². The summed E-state index contributed by atoms with van der Waals surface area (Å²) in [6.07, 6.45) is 2.15. The summed E-state index contributed by atoms with van der Waals surface area (Å²) in [7, 11) is 2.02. The van der Waals surface area contributed by atoms with Crippen LogP contribution in [-0.2, 0) is 0 Å². The average molecular weight is 195 g/mol. The predicted molar refractivity (Wildman–Crippen MR) is 61.2 cm³/mol. The molecular formula is C11H17NS. The molecule has 0 aliphatic rings. The predicted octanol–water partition coefficient (Wildman–Crippen LogP) is 2.70. The molecule has 1 nitrogen and oxygen atoms in total. The molecule has 0 saturated carbocycles. The van der Waals surface area contributed by atoms with Crippen molar-refractivity contribution in [2.75, 3.05) is 13.3 Å². The van der Waals surface area contributed by atoms with Gasteiger partial charge in [-0.15, -0.1) is 0 Å². The Kier molecular flexibility index (Phi) is 4.33. The van der Waals surface area contributed by atoms with Crippen LogP contribution >= 0.6 is 11.8 Å². The van der Waals surface area contributed by atoms with Crippen LogP contribution in [-0.4, -0.2) is 18.6 Å². The Labute approximate surface area is 84.9 Å². The molecule has 1 rings (SSSR count). The molecule has 0 bridgehead atoms. The van der Waals surface area contributed by atoms with E-state index < -0.39 is 0 Å². The molecule has 1 aromatic rings. The first-order valence-corrected chi connectivity index (χ1v) is 5.83. The lowest BCUT2D eigenvalue weighted by molar-refractivity contribution is 0.590. The second-order valence-corrected chi connectivity index (χ2v) is 4.33. The molecule has 0 amide bonds. The molecule has 2 unspecified atom stereocenters. The van der Waals surface area contributed by atoms with Gasteiger partial charge in [-0.3, -0.25) is 0 Å². The van der Waals surface area contributed by atoms with Crippen molar-refractivity contribution in [3.05, 3.63) is 35.9 Å². The second kappa shape index (κ2) is 5.30. The Balaban J connectivity index is 2.78. The van der Waals surface area contributed by atoms with Crippen LogP contribution < -0.4 is 5.32 Å². The molecule has 0 spiro atoms. The van der Waals surface area contributed by atoms with Gasteiger partial charge in [0.05, 0.1) is 0 Å². The van der Waals surface area contributed by atoms with E-state index in [4.69, 9.17) is 0 Å². The minimum atomic E-state index is 0.455. The van der Waals surface area contributed by atoms with Gasteiger partial charge in [0.2, 0.25) is 0 Å². The summed E-state index contributed by atoms with van der Waals surface area (Å²) >= 11 is 1.89. The van der Waals surface area contributed by atoms with Crippen molar-refractivity contribution >= 4 is 11.8 Å². The highest BCUT2D eigenvalue weighted by Crippen LogP contribution is 2.23. The van der Waals surface area contributed by atoms with Crippen molar-refractivity contribution < 1.29 is 0 Å². The van der Waals surface area contributed by atoms with Gasteiger partial charge in [0, 0.05) is 11.3 Å². The smallest absolute Gasteiger partial charge is 0.0435 e. The first-order valence-electron chi connectivity index (χ1n) is 4.54. The maximum Gasteiger partial charge on any atom is 0.0435 e. The third-order valence-corrected chi connectivity index (χ3v) is 3.33. The maximum absolute atomic E-state index is 3.35. The zero-order valence-corrected chi connectivity index (χ0v) is 9.27. The Morgan fingerprint density at radius 2 is 1.85 bits per heavy atom. The number of thioether (sulfide) groups is 1. The minimum Gasteiger partial charge on any atom is -0.312 e. The molecular weight excluding hydrogens is 178 g/mol. The van der Waals surface area contributed by atoms with E-state index in [-0.39, 0.29) is 0 Å². The minimum absolute atomic E-state index is 0.455. The number of rotatable bonds is 4. The molecule has 0 heterocycles. The van der Waals surface area contributed by atoms with Crippen molar-refractivity contribution in [2.45, 2.75) is 18.2 Å². The monoisotopic (exact) mass is 195 g/mol. The van der Waals surface area contributed by atoms with E-state index >= 15 is 0 Å². The van der Waals surface area contributed by atoms with E-state index in [0.717, 1.165) is 0 Å². The summed E-state index contributed by atoms with van der Waals surface area (Å²) in [6.45, 7) is 2.25. The van der Waals surface area contributed by atoms with Crippen molar-refractivity contribution in [3.63, 3.8) is 0 Å². The normalized spacial score (nSPS) is 15.3. The molecule has 0 aliphatic heterocycles. The molecule has 0 aromatic heterocycles. The molecule has 0 aliphatic carbocycles. The van der Waals surface area contributed by atoms with Gasteiger partial charge < -0.3 is 5.32 Å². The molecule has 0 fully saturated rings. The lowest BCUT2D eigenvalue weighted by Crippen LogP contribution is -2.24. The van der Waals surface area contributed by atoms with Crippen LogP contribution in [0.1, 0.15) is 18.5 Å². The summed E-state index contributed by atoms with van der Waals surface area (Å²) in [5.74, 6) is 0. The Morgan fingerprint density at radius 1 is 1.23 bits per heavy atom. The van der Waals surface area contributed by atoms with Gasteiger partial charge in [0.15, 0.2) is 0 Å². The summed E-state index contributed by atoms with van der Waals surface area (Å²) in [4.78, 5) is 0. The summed E-state index contributed by atoms with van der Waals surface area (Å²) in [5, 5.41) is 3.95. The highest BCUT2D eigenvalue weighted by atomic mass is 32.2. The number of benzene rings is 1. The first-order chi connectivity index (χ1) is 6.29. The fourth-order valence-corrected chi connectivity index (χ4v) is 2.03. The van der Waals surface area contributed by atoms with E-state index in [1.807, 2.05) is 18.8 Å². The van der Waals surface area contributed by atoms with Crippen molar-refractivity contribution in [1.29, 1.82) is 0 Å². The number of hydrogen-bond acceptors (Lipinski definition) is 2. The third-order valence-electron chi connectivity index (χ3n) is 2.31. The van der Waals surface area contributed by atoms with Crippen LogP contribution in [0.2, 0.25) is 0 Å². The van der Waals surface area contributed by atoms with Crippen molar-refractivity contribution in [3.8, 4) is 0 Å². The van der Waals surface area contributed by atoms with E-state index in [2.05, 4.69) is 48.8 Å². The molecule has 1 N–H and O–H groups in total. The van der Waals surface area contributed by atoms with Crippen LogP contribution in [0.4, 0.5) is 0 Å². The highest BCUT2D eigenvalue weighted by molar-refractivity contribution is 7.99. The zero-order chi connectivity index (χ0) is 9.68. The highest BCUT2D eigenvalue weighted by Gasteiger charge is 2.15. The first kappa shape index (κ1) is 10.6. The zero-order valence-electron chi connectivity index (χ0n) is 8.45. The summed E-state index contributed by atoms with van der Waals surface area (Å²) in [5.41, 5.74) is 1.37. The topological polar surface area (TPSA) is 12.0 Å². The van der Waals surface area contributed by atoms with Gasteiger partial charge in [-0.25, -0.2) is 0 Å². The van der Waals surface area contributed by atoms with Gasteiger partial charge >= 0.3 is 0 Å². The van der Waals surface area contributed by atoms with Gasteiger partial charge in [-0.05, 0) is 18.9 Å².